The van der Waals surface area contributed by atoms with Crippen molar-refractivity contribution in [2.45, 2.75) is 25.9 Å². The molecule has 0 aromatic rings. The fourth-order valence-corrected chi connectivity index (χ4v) is 0.727. The lowest BCUT2D eigenvalue weighted by Gasteiger charge is -2.05. The van der Waals surface area contributed by atoms with Gasteiger partial charge in [0.15, 0.2) is 0 Å². The molecule has 3 nitrogen and oxygen atoms in total. The molecule has 0 aromatic heterocycles. The minimum Gasteiger partial charge on any atom is -0.502 e. The first-order valence-electron chi connectivity index (χ1n) is 4.25. The van der Waals surface area contributed by atoms with Crippen molar-refractivity contribution >= 4 is 0 Å². The molecule has 0 bridgehead atoms. The van der Waals surface area contributed by atoms with Gasteiger partial charge in [-0.15, -0.1) is 0 Å². The Labute approximate surface area is 74.0 Å². The number of unbranched alkanes of at least 4 members (excludes halogenated alkanes) is 1. The first-order chi connectivity index (χ1) is 5.77. The fourth-order valence-electron chi connectivity index (χ4n) is 0.727. The molecule has 0 spiro atoms. The van der Waals surface area contributed by atoms with Gasteiger partial charge in [-0.25, -0.2) is 0 Å². The van der Waals surface area contributed by atoms with Crippen LogP contribution in [0.4, 0.5) is 0 Å². The quantitative estimate of drug-likeness (QED) is 0.445. The first-order valence-corrected chi connectivity index (χ1v) is 4.25. The van der Waals surface area contributed by atoms with Gasteiger partial charge in [0.25, 0.3) is 0 Å². The van der Waals surface area contributed by atoms with Crippen molar-refractivity contribution in [2.75, 3.05) is 19.8 Å². The molecule has 0 aliphatic rings. The SMILES string of the molecule is C=COCCCCOCC(C)O. The number of ether oxygens (including phenoxy) is 2. The summed E-state index contributed by atoms with van der Waals surface area (Å²) in [6.45, 7) is 6.94. The molecule has 1 N–H and O–H groups in total. The number of aliphatic hydroxyl groups is 1. The van der Waals surface area contributed by atoms with E-state index in [0.29, 0.717) is 19.8 Å². The summed E-state index contributed by atoms with van der Waals surface area (Å²) in [5, 5.41) is 8.83. The maximum Gasteiger partial charge on any atom is 0.0873 e. The molecule has 0 amide bonds. The van der Waals surface area contributed by atoms with E-state index in [-0.39, 0.29) is 6.10 Å². The highest BCUT2D eigenvalue weighted by atomic mass is 16.5. The van der Waals surface area contributed by atoms with Crippen LogP contribution in [0.2, 0.25) is 0 Å². The van der Waals surface area contributed by atoms with Crippen LogP contribution >= 0.6 is 0 Å². The third-order valence-corrected chi connectivity index (χ3v) is 1.28. The highest BCUT2D eigenvalue weighted by Gasteiger charge is 1.94. The van der Waals surface area contributed by atoms with Crippen LogP contribution in [0.3, 0.4) is 0 Å². The van der Waals surface area contributed by atoms with Gasteiger partial charge in [0.05, 0.1) is 25.6 Å². The topological polar surface area (TPSA) is 38.7 Å². The Bertz CT molecular complexity index is 102. The third kappa shape index (κ3) is 9.46. The van der Waals surface area contributed by atoms with Crippen LogP contribution in [-0.2, 0) is 9.47 Å². The zero-order valence-corrected chi connectivity index (χ0v) is 7.66. The lowest BCUT2D eigenvalue weighted by atomic mass is 10.3. The second-order valence-electron chi connectivity index (χ2n) is 2.67. The lowest BCUT2D eigenvalue weighted by molar-refractivity contribution is 0.0431. The van der Waals surface area contributed by atoms with Gasteiger partial charge in [0.2, 0.25) is 0 Å². The largest absolute Gasteiger partial charge is 0.502 e. The Kier molecular flexibility index (Phi) is 8.17. The minimum absolute atomic E-state index is 0.366. The molecule has 12 heavy (non-hydrogen) atoms. The minimum atomic E-state index is -0.366. The van der Waals surface area contributed by atoms with Crippen LogP contribution in [0.15, 0.2) is 12.8 Å². The zero-order chi connectivity index (χ0) is 9.23. The maximum atomic E-state index is 8.83. The first kappa shape index (κ1) is 11.5. The molecule has 0 heterocycles. The second kappa shape index (κ2) is 8.56. The summed E-state index contributed by atoms with van der Waals surface area (Å²) >= 11 is 0. The summed E-state index contributed by atoms with van der Waals surface area (Å²) in [5.41, 5.74) is 0. The van der Waals surface area contributed by atoms with Crippen LogP contribution in [0.1, 0.15) is 19.8 Å². The van der Waals surface area contributed by atoms with E-state index in [0.717, 1.165) is 12.8 Å². The molecule has 1 atom stereocenters. The highest BCUT2D eigenvalue weighted by Crippen LogP contribution is 1.92. The van der Waals surface area contributed by atoms with E-state index >= 15 is 0 Å². The normalized spacial score (nSPS) is 12.5. The number of hydrogen-bond acceptors (Lipinski definition) is 3. The molecule has 0 rings (SSSR count). The molecule has 0 fully saturated rings. The van der Waals surface area contributed by atoms with Crippen molar-refractivity contribution in [1.82, 2.24) is 0 Å². The van der Waals surface area contributed by atoms with Gasteiger partial charge in [-0.2, -0.15) is 0 Å². The summed E-state index contributed by atoms with van der Waals surface area (Å²) in [5.74, 6) is 0. The summed E-state index contributed by atoms with van der Waals surface area (Å²) in [4.78, 5) is 0. The van der Waals surface area contributed by atoms with E-state index in [4.69, 9.17) is 14.6 Å². The molecule has 0 saturated heterocycles. The fraction of sp³-hybridized carbons (Fsp3) is 0.778. The van der Waals surface area contributed by atoms with Crippen molar-refractivity contribution < 1.29 is 14.6 Å². The smallest absolute Gasteiger partial charge is 0.0873 e. The summed E-state index contributed by atoms with van der Waals surface area (Å²) in [6.07, 6.45) is 3.00. The standard InChI is InChI=1S/C9H18O3/c1-3-11-6-4-5-7-12-8-9(2)10/h3,9-10H,1,4-8H2,2H3. The van der Waals surface area contributed by atoms with Gasteiger partial charge in [0, 0.05) is 6.61 Å². The average Bonchev–Trinajstić information content (AvgIpc) is 2.02. The molecule has 72 valence electrons. The van der Waals surface area contributed by atoms with Crippen LogP contribution in [0.5, 0.6) is 0 Å². The average molecular weight is 174 g/mol. The second-order valence-corrected chi connectivity index (χ2v) is 2.67. The van der Waals surface area contributed by atoms with E-state index in [9.17, 15) is 0 Å². The highest BCUT2D eigenvalue weighted by molar-refractivity contribution is 4.49. The van der Waals surface area contributed by atoms with Crippen LogP contribution in [-0.4, -0.2) is 31.0 Å². The molecular formula is C9H18O3. The maximum absolute atomic E-state index is 8.83. The van der Waals surface area contributed by atoms with E-state index in [1.807, 2.05) is 0 Å². The van der Waals surface area contributed by atoms with Crippen molar-refractivity contribution in [3.8, 4) is 0 Å². The van der Waals surface area contributed by atoms with Crippen molar-refractivity contribution in [2.24, 2.45) is 0 Å². The van der Waals surface area contributed by atoms with E-state index in [2.05, 4.69) is 6.58 Å². The lowest BCUT2D eigenvalue weighted by Crippen LogP contribution is -2.11. The Morgan fingerprint density at radius 3 is 2.67 bits per heavy atom. The van der Waals surface area contributed by atoms with Gasteiger partial charge in [0.1, 0.15) is 0 Å². The predicted octanol–water partition coefficient (Wildman–Crippen LogP) is 1.32. The van der Waals surface area contributed by atoms with E-state index in [1.165, 1.54) is 6.26 Å². The summed E-state index contributed by atoms with van der Waals surface area (Å²) in [6, 6.07) is 0. The summed E-state index contributed by atoms with van der Waals surface area (Å²) in [7, 11) is 0. The van der Waals surface area contributed by atoms with Gasteiger partial charge >= 0.3 is 0 Å². The van der Waals surface area contributed by atoms with Crippen LogP contribution < -0.4 is 0 Å². The number of rotatable bonds is 8. The Morgan fingerprint density at radius 2 is 2.08 bits per heavy atom. The van der Waals surface area contributed by atoms with E-state index in [1.54, 1.807) is 6.92 Å². The molecule has 3 heteroatoms. The molecule has 1 unspecified atom stereocenters. The van der Waals surface area contributed by atoms with Crippen molar-refractivity contribution in [3.63, 3.8) is 0 Å². The van der Waals surface area contributed by atoms with Crippen LogP contribution in [0.25, 0.3) is 0 Å². The third-order valence-electron chi connectivity index (χ3n) is 1.28. The van der Waals surface area contributed by atoms with E-state index < -0.39 is 0 Å². The number of aliphatic hydroxyl groups excluding tert-OH is 1. The van der Waals surface area contributed by atoms with Gasteiger partial charge < -0.3 is 14.6 Å². The van der Waals surface area contributed by atoms with Gasteiger partial charge in [-0.3, -0.25) is 0 Å². The molecular weight excluding hydrogens is 156 g/mol. The van der Waals surface area contributed by atoms with Gasteiger partial charge in [-0.05, 0) is 19.8 Å². The predicted molar refractivity (Wildman–Crippen MR) is 47.9 cm³/mol. The van der Waals surface area contributed by atoms with Crippen LogP contribution in [0, 0.1) is 0 Å². The van der Waals surface area contributed by atoms with Crippen molar-refractivity contribution in [3.05, 3.63) is 12.8 Å². The Morgan fingerprint density at radius 1 is 1.42 bits per heavy atom. The molecule has 0 saturated carbocycles. The molecule has 0 aromatic carbocycles. The molecule has 0 aliphatic carbocycles. The number of hydrogen-bond donors (Lipinski definition) is 1. The summed E-state index contributed by atoms with van der Waals surface area (Å²) < 4.78 is 10.1. The Balaban J connectivity index is 2.86. The molecule has 0 radical (unpaired) electrons. The Hall–Kier alpha value is -0.540. The zero-order valence-electron chi connectivity index (χ0n) is 7.66. The van der Waals surface area contributed by atoms with Crippen molar-refractivity contribution in [1.29, 1.82) is 0 Å². The molecule has 0 aliphatic heterocycles. The van der Waals surface area contributed by atoms with Gasteiger partial charge in [-0.1, -0.05) is 6.58 Å². The monoisotopic (exact) mass is 174 g/mol.